The van der Waals surface area contributed by atoms with E-state index in [1.54, 1.807) is 0 Å². The van der Waals surface area contributed by atoms with E-state index in [4.69, 9.17) is 9.47 Å². The number of carbonyl (C=O) groups is 1. The summed E-state index contributed by atoms with van der Waals surface area (Å²) in [4.78, 5) is 12.2. The highest BCUT2D eigenvalue weighted by atomic mass is 16.6. The summed E-state index contributed by atoms with van der Waals surface area (Å²) in [5, 5.41) is 16.1. The summed E-state index contributed by atoms with van der Waals surface area (Å²) in [5.41, 5.74) is 0. The minimum Gasteiger partial charge on any atom is -0.450 e. The summed E-state index contributed by atoms with van der Waals surface area (Å²) < 4.78 is 10.6. The lowest BCUT2D eigenvalue weighted by Gasteiger charge is -2.23. The minimum atomic E-state index is -0.752. The first-order valence-electron chi connectivity index (χ1n) is 13.0. The quantitative estimate of drug-likeness (QED) is 0.229. The molecule has 0 radical (unpaired) electrons. The normalized spacial score (nSPS) is 19.6. The van der Waals surface area contributed by atoms with Crippen LogP contribution in [0.3, 0.4) is 0 Å². The molecule has 6 heteroatoms. The zero-order valence-electron chi connectivity index (χ0n) is 20.5. The number of hydrogen-bond donors (Lipinski definition) is 3. The molecule has 6 nitrogen and oxygen atoms in total. The zero-order chi connectivity index (χ0) is 22.7. The van der Waals surface area contributed by atoms with E-state index < -0.39 is 6.29 Å². The molecule has 3 atom stereocenters. The fourth-order valence-corrected chi connectivity index (χ4v) is 4.15. The number of aliphatic hydroxyl groups is 1. The monoisotopic (exact) mass is 442 g/mol. The Balaban J connectivity index is 2.01. The van der Waals surface area contributed by atoms with Gasteiger partial charge in [-0.1, -0.05) is 91.4 Å². The van der Waals surface area contributed by atoms with E-state index in [1.165, 1.54) is 64.2 Å². The average molecular weight is 443 g/mol. The minimum absolute atomic E-state index is 0.0118. The molecule has 0 aromatic rings. The maximum Gasteiger partial charge on any atom is 0.407 e. The van der Waals surface area contributed by atoms with Crippen molar-refractivity contribution in [2.75, 3.05) is 19.8 Å². The van der Waals surface area contributed by atoms with Crippen LogP contribution in [0.25, 0.3) is 0 Å². The molecule has 0 bridgehead atoms. The highest BCUT2D eigenvalue weighted by molar-refractivity contribution is 5.67. The van der Waals surface area contributed by atoms with Gasteiger partial charge in [0.15, 0.2) is 6.29 Å². The van der Waals surface area contributed by atoms with Crippen LogP contribution in [0.15, 0.2) is 0 Å². The van der Waals surface area contributed by atoms with Crippen LogP contribution in [0, 0.1) is 5.92 Å². The predicted molar refractivity (Wildman–Crippen MR) is 127 cm³/mol. The lowest BCUT2D eigenvalue weighted by Crippen LogP contribution is -2.47. The molecular formula is C25H50N2O4. The molecule has 0 spiro atoms. The number of carbonyl (C=O) groups excluding carboxylic acids is 1. The van der Waals surface area contributed by atoms with Gasteiger partial charge in [-0.25, -0.2) is 4.79 Å². The summed E-state index contributed by atoms with van der Waals surface area (Å²) in [6.45, 7) is 8.21. The second-order valence-corrected chi connectivity index (χ2v) is 9.56. The summed E-state index contributed by atoms with van der Waals surface area (Å²) in [7, 11) is 0. The number of ether oxygens (including phenoxy) is 2. The van der Waals surface area contributed by atoms with Gasteiger partial charge in [-0.2, -0.15) is 0 Å². The van der Waals surface area contributed by atoms with Crippen molar-refractivity contribution in [3.63, 3.8) is 0 Å². The third-order valence-electron chi connectivity index (χ3n) is 6.00. The molecule has 31 heavy (non-hydrogen) atoms. The molecule has 1 heterocycles. The molecular weight excluding hydrogens is 392 g/mol. The van der Waals surface area contributed by atoms with Crippen molar-refractivity contribution in [2.24, 2.45) is 5.92 Å². The van der Waals surface area contributed by atoms with Gasteiger partial charge in [0.25, 0.3) is 0 Å². The first kappa shape index (κ1) is 28.2. The van der Waals surface area contributed by atoms with Crippen molar-refractivity contribution in [3.05, 3.63) is 0 Å². The summed E-state index contributed by atoms with van der Waals surface area (Å²) in [6.07, 6.45) is 16.1. The summed E-state index contributed by atoms with van der Waals surface area (Å²) >= 11 is 0. The third-order valence-corrected chi connectivity index (χ3v) is 6.00. The number of rotatable bonds is 19. The topological polar surface area (TPSA) is 79.8 Å². The largest absolute Gasteiger partial charge is 0.450 e. The lowest BCUT2D eigenvalue weighted by molar-refractivity contribution is -0.0718. The Morgan fingerprint density at radius 3 is 2.10 bits per heavy atom. The molecule has 1 aliphatic heterocycles. The molecule has 1 rings (SSSR count). The fourth-order valence-electron chi connectivity index (χ4n) is 4.15. The van der Waals surface area contributed by atoms with E-state index in [9.17, 15) is 9.90 Å². The molecule has 0 aromatic carbocycles. The van der Waals surface area contributed by atoms with E-state index in [1.807, 2.05) is 0 Å². The number of unbranched alkanes of at least 4 members (excludes halogenated alkanes) is 11. The molecule has 0 aliphatic carbocycles. The number of amides is 1. The van der Waals surface area contributed by atoms with Crippen LogP contribution in [0.2, 0.25) is 0 Å². The zero-order valence-corrected chi connectivity index (χ0v) is 20.5. The molecule has 1 fully saturated rings. The summed E-state index contributed by atoms with van der Waals surface area (Å²) in [6, 6.07) is -0.0733. The van der Waals surface area contributed by atoms with Gasteiger partial charge in [0.1, 0.15) is 0 Å². The Hall–Kier alpha value is -0.850. The van der Waals surface area contributed by atoms with Gasteiger partial charge in [-0.05, 0) is 25.2 Å². The molecule has 0 saturated carbocycles. The third kappa shape index (κ3) is 15.6. The van der Waals surface area contributed by atoms with E-state index in [2.05, 4.69) is 31.4 Å². The Morgan fingerprint density at radius 1 is 1.00 bits per heavy atom. The second kappa shape index (κ2) is 18.7. The van der Waals surface area contributed by atoms with Gasteiger partial charge in [0.2, 0.25) is 0 Å². The number of nitrogens with one attached hydrogen (secondary N) is 2. The Kier molecular flexibility index (Phi) is 17.0. The molecule has 184 valence electrons. The second-order valence-electron chi connectivity index (χ2n) is 9.56. The maximum atomic E-state index is 12.2. The van der Waals surface area contributed by atoms with Crippen LogP contribution >= 0.6 is 0 Å². The van der Waals surface area contributed by atoms with Crippen LogP contribution < -0.4 is 10.6 Å². The fraction of sp³-hybridized carbons (Fsp3) is 0.960. The van der Waals surface area contributed by atoms with Crippen molar-refractivity contribution in [1.29, 1.82) is 0 Å². The van der Waals surface area contributed by atoms with E-state index in [0.29, 0.717) is 25.7 Å². The van der Waals surface area contributed by atoms with Gasteiger partial charge < -0.3 is 25.2 Å². The maximum absolute atomic E-state index is 12.2. The van der Waals surface area contributed by atoms with E-state index in [0.717, 1.165) is 25.7 Å². The number of hydrogen-bond acceptors (Lipinski definition) is 5. The highest BCUT2D eigenvalue weighted by Gasteiger charge is 2.26. The SMILES string of the molecule is CCCCCCCCCCCCCCOC(=O)N[C@@H](CN[C@H]1CCOC1O)CC(C)C. The Morgan fingerprint density at radius 2 is 1.58 bits per heavy atom. The lowest BCUT2D eigenvalue weighted by atomic mass is 10.0. The number of alkyl carbamates (subject to hydrolysis) is 1. The predicted octanol–water partition coefficient (Wildman–Crippen LogP) is 5.53. The first-order chi connectivity index (χ1) is 15.0. The van der Waals surface area contributed by atoms with Crippen LogP contribution in [0.5, 0.6) is 0 Å². The van der Waals surface area contributed by atoms with Gasteiger partial charge in [-0.15, -0.1) is 0 Å². The van der Waals surface area contributed by atoms with Gasteiger partial charge in [0.05, 0.1) is 19.3 Å². The van der Waals surface area contributed by atoms with Crippen LogP contribution in [-0.4, -0.2) is 49.3 Å². The van der Waals surface area contributed by atoms with Gasteiger partial charge in [0, 0.05) is 12.6 Å². The van der Waals surface area contributed by atoms with Crippen molar-refractivity contribution in [2.45, 2.75) is 129 Å². The van der Waals surface area contributed by atoms with E-state index >= 15 is 0 Å². The number of aliphatic hydroxyl groups excluding tert-OH is 1. The molecule has 1 aliphatic rings. The molecule has 1 unspecified atom stereocenters. The van der Waals surface area contributed by atoms with Crippen LogP contribution in [0.4, 0.5) is 4.79 Å². The van der Waals surface area contributed by atoms with Crippen LogP contribution in [0.1, 0.15) is 111 Å². The molecule has 0 aromatic heterocycles. The highest BCUT2D eigenvalue weighted by Crippen LogP contribution is 2.13. The van der Waals surface area contributed by atoms with Gasteiger partial charge in [-0.3, -0.25) is 0 Å². The van der Waals surface area contributed by atoms with E-state index in [-0.39, 0.29) is 18.2 Å². The molecule has 3 N–H and O–H groups in total. The van der Waals surface area contributed by atoms with Crippen LogP contribution in [-0.2, 0) is 9.47 Å². The van der Waals surface area contributed by atoms with Crippen molar-refractivity contribution in [1.82, 2.24) is 10.6 Å². The van der Waals surface area contributed by atoms with Crippen molar-refractivity contribution < 1.29 is 19.4 Å². The molecule has 1 amide bonds. The van der Waals surface area contributed by atoms with Crippen molar-refractivity contribution >= 4 is 6.09 Å². The first-order valence-corrected chi connectivity index (χ1v) is 13.0. The Bertz CT molecular complexity index is 434. The molecule has 1 saturated heterocycles. The smallest absolute Gasteiger partial charge is 0.407 e. The standard InChI is InChI=1S/C25H50N2O4/c1-4-5-6-7-8-9-10-11-12-13-14-15-17-31-25(29)27-22(19-21(2)3)20-26-23-16-18-30-24(23)28/h21-24,26,28H,4-20H2,1-3H3,(H,27,29)/t22-,23+,24?/m1/s1. The Labute approximate surface area is 191 Å². The summed E-state index contributed by atoms with van der Waals surface area (Å²) in [5.74, 6) is 0.466. The average Bonchev–Trinajstić information content (AvgIpc) is 3.14. The van der Waals surface area contributed by atoms with Crippen molar-refractivity contribution in [3.8, 4) is 0 Å². The van der Waals surface area contributed by atoms with Gasteiger partial charge >= 0.3 is 6.09 Å².